The van der Waals surface area contributed by atoms with Gasteiger partial charge in [0.05, 0.1) is 24.4 Å². The first-order valence-corrected chi connectivity index (χ1v) is 11.9. The van der Waals surface area contributed by atoms with Gasteiger partial charge in [0, 0.05) is 32.0 Å². The molecule has 8 nitrogen and oxygen atoms in total. The number of amides is 1. The Morgan fingerprint density at radius 2 is 1.88 bits per heavy atom. The Labute approximate surface area is 188 Å². The number of rotatable bonds is 12. The Hall–Kier alpha value is -3.17. The monoisotopic (exact) mass is 456 g/mol. The van der Waals surface area contributed by atoms with Crippen molar-refractivity contribution in [1.29, 1.82) is 0 Å². The third kappa shape index (κ3) is 6.66. The molecule has 0 aliphatic heterocycles. The molecule has 0 bridgehead atoms. The highest BCUT2D eigenvalue weighted by Gasteiger charge is 2.27. The van der Waals surface area contributed by atoms with E-state index in [1.54, 1.807) is 24.7 Å². The molecule has 0 fully saturated rings. The van der Waals surface area contributed by atoms with Gasteiger partial charge in [0.1, 0.15) is 5.75 Å². The zero-order valence-corrected chi connectivity index (χ0v) is 18.9. The molecule has 1 amide bonds. The minimum atomic E-state index is -3.89. The molecule has 170 valence electrons. The molecule has 0 radical (unpaired) electrons. The summed E-state index contributed by atoms with van der Waals surface area (Å²) in [5, 5.41) is 2.81. The molecule has 1 aromatic heterocycles. The Morgan fingerprint density at radius 1 is 1.12 bits per heavy atom. The summed E-state index contributed by atoms with van der Waals surface area (Å²) < 4.78 is 35.2. The number of carbonyl (C=O) groups excluding carboxylic acids is 1. The van der Waals surface area contributed by atoms with Gasteiger partial charge in [0.25, 0.3) is 0 Å². The molecule has 0 aliphatic carbocycles. The van der Waals surface area contributed by atoms with Crippen LogP contribution in [0.15, 0.2) is 78.2 Å². The van der Waals surface area contributed by atoms with Crippen molar-refractivity contribution in [3.63, 3.8) is 0 Å². The van der Waals surface area contributed by atoms with Crippen molar-refractivity contribution in [1.82, 2.24) is 19.2 Å². The van der Waals surface area contributed by atoms with Crippen molar-refractivity contribution in [2.45, 2.75) is 31.3 Å². The minimum Gasteiger partial charge on any atom is -0.494 e. The Morgan fingerprint density at radius 3 is 2.53 bits per heavy atom. The second kappa shape index (κ2) is 11.4. The van der Waals surface area contributed by atoms with E-state index in [4.69, 9.17) is 4.74 Å². The van der Waals surface area contributed by atoms with Crippen LogP contribution in [0.1, 0.15) is 18.9 Å². The van der Waals surface area contributed by atoms with E-state index in [1.165, 1.54) is 16.4 Å². The fraction of sp³-hybridized carbons (Fsp3) is 0.304. The number of hydrogen-bond donors (Lipinski definition) is 1. The lowest BCUT2D eigenvalue weighted by atomic mass is 10.2. The zero-order chi connectivity index (χ0) is 22.8. The molecule has 0 aliphatic rings. The predicted octanol–water partition coefficient (Wildman–Crippen LogP) is 2.68. The van der Waals surface area contributed by atoms with E-state index in [2.05, 4.69) is 10.3 Å². The fourth-order valence-electron chi connectivity index (χ4n) is 3.16. The topological polar surface area (TPSA) is 93.5 Å². The van der Waals surface area contributed by atoms with Gasteiger partial charge >= 0.3 is 0 Å². The number of carbonyl (C=O) groups is 1. The van der Waals surface area contributed by atoms with Crippen LogP contribution >= 0.6 is 0 Å². The number of aromatic nitrogens is 2. The number of hydrogen-bond acceptors (Lipinski definition) is 5. The maximum Gasteiger partial charge on any atom is 0.243 e. The van der Waals surface area contributed by atoms with Gasteiger partial charge < -0.3 is 14.6 Å². The summed E-state index contributed by atoms with van der Waals surface area (Å²) in [5.74, 6) is 0.248. The molecular formula is C23H28N4O4S. The number of benzene rings is 2. The highest BCUT2D eigenvalue weighted by molar-refractivity contribution is 7.89. The molecule has 0 saturated heterocycles. The number of sulfonamides is 1. The molecular weight excluding hydrogens is 428 g/mol. The van der Waals surface area contributed by atoms with Gasteiger partial charge in [-0.1, -0.05) is 30.3 Å². The van der Waals surface area contributed by atoms with Gasteiger partial charge in [-0.15, -0.1) is 0 Å². The van der Waals surface area contributed by atoms with Crippen molar-refractivity contribution in [3.05, 3.63) is 78.9 Å². The van der Waals surface area contributed by atoms with Crippen LogP contribution in [0, 0.1) is 0 Å². The second-order valence-corrected chi connectivity index (χ2v) is 9.11. The lowest BCUT2D eigenvalue weighted by Gasteiger charge is -2.22. The molecule has 1 heterocycles. The van der Waals surface area contributed by atoms with Crippen molar-refractivity contribution >= 4 is 15.9 Å². The molecule has 0 atom stereocenters. The van der Waals surface area contributed by atoms with Gasteiger partial charge in [-0.25, -0.2) is 13.4 Å². The van der Waals surface area contributed by atoms with E-state index in [-0.39, 0.29) is 23.9 Å². The van der Waals surface area contributed by atoms with E-state index >= 15 is 0 Å². The first-order valence-electron chi connectivity index (χ1n) is 10.5. The van der Waals surface area contributed by atoms with Crippen LogP contribution in [-0.2, 0) is 27.9 Å². The standard InChI is InChI=1S/C23H28N4O4S/c1-2-31-21-9-11-22(12-10-21)32(29,30)27(17-20-7-4-3-5-8-20)18-23(28)25-13-6-15-26-16-14-24-19-26/h3-5,7-12,14,16,19H,2,6,13,15,17-18H2,1H3,(H,25,28). The summed E-state index contributed by atoms with van der Waals surface area (Å²) >= 11 is 0. The van der Waals surface area contributed by atoms with Gasteiger partial charge in [0.15, 0.2) is 0 Å². The second-order valence-electron chi connectivity index (χ2n) is 7.17. The number of imidazole rings is 1. The van der Waals surface area contributed by atoms with Crippen molar-refractivity contribution in [3.8, 4) is 5.75 Å². The van der Waals surface area contributed by atoms with Crippen LogP contribution in [0.5, 0.6) is 5.75 Å². The van der Waals surface area contributed by atoms with Crippen molar-refractivity contribution in [2.75, 3.05) is 19.7 Å². The highest BCUT2D eigenvalue weighted by Crippen LogP contribution is 2.21. The smallest absolute Gasteiger partial charge is 0.243 e. The fourth-order valence-corrected chi connectivity index (χ4v) is 4.55. The van der Waals surface area contributed by atoms with Crippen LogP contribution in [-0.4, -0.2) is 47.9 Å². The van der Waals surface area contributed by atoms with E-state index in [9.17, 15) is 13.2 Å². The normalized spacial score (nSPS) is 11.4. The van der Waals surface area contributed by atoms with Gasteiger partial charge in [-0.2, -0.15) is 4.31 Å². The van der Waals surface area contributed by atoms with Crippen LogP contribution < -0.4 is 10.1 Å². The quantitative estimate of drug-likeness (QED) is 0.423. The zero-order valence-electron chi connectivity index (χ0n) is 18.1. The van der Waals surface area contributed by atoms with E-state index in [1.807, 2.05) is 48.0 Å². The number of nitrogens with zero attached hydrogens (tertiary/aromatic N) is 3. The largest absolute Gasteiger partial charge is 0.494 e. The molecule has 0 spiro atoms. The third-order valence-corrected chi connectivity index (χ3v) is 6.57. The summed E-state index contributed by atoms with van der Waals surface area (Å²) in [6.07, 6.45) is 5.98. The molecule has 2 aromatic carbocycles. The maximum absolute atomic E-state index is 13.3. The van der Waals surface area contributed by atoms with E-state index in [0.29, 0.717) is 25.3 Å². The van der Waals surface area contributed by atoms with Crippen molar-refractivity contribution < 1.29 is 17.9 Å². The minimum absolute atomic E-state index is 0.0961. The third-order valence-electron chi connectivity index (χ3n) is 4.77. The summed E-state index contributed by atoms with van der Waals surface area (Å²) in [5.41, 5.74) is 0.801. The Kier molecular flexibility index (Phi) is 8.41. The highest BCUT2D eigenvalue weighted by atomic mass is 32.2. The van der Waals surface area contributed by atoms with E-state index in [0.717, 1.165) is 12.1 Å². The van der Waals surface area contributed by atoms with Gasteiger partial charge in [0.2, 0.25) is 15.9 Å². The molecule has 3 rings (SSSR count). The molecule has 0 unspecified atom stereocenters. The van der Waals surface area contributed by atoms with Crippen LogP contribution in [0.3, 0.4) is 0 Å². The predicted molar refractivity (Wildman–Crippen MR) is 122 cm³/mol. The molecule has 9 heteroatoms. The van der Waals surface area contributed by atoms with Gasteiger partial charge in [-0.05, 0) is 43.2 Å². The lowest BCUT2D eigenvalue weighted by molar-refractivity contribution is -0.121. The summed E-state index contributed by atoms with van der Waals surface area (Å²) in [4.78, 5) is 16.7. The lowest BCUT2D eigenvalue weighted by Crippen LogP contribution is -2.40. The Balaban J connectivity index is 1.68. The van der Waals surface area contributed by atoms with Crippen LogP contribution in [0.4, 0.5) is 0 Å². The maximum atomic E-state index is 13.3. The first kappa shape index (κ1) is 23.5. The SMILES string of the molecule is CCOc1ccc(S(=O)(=O)N(CC(=O)NCCCn2ccnc2)Cc2ccccc2)cc1. The molecule has 3 aromatic rings. The number of ether oxygens (including phenoxy) is 1. The summed E-state index contributed by atoms with van der Waals surface area (Å²) in [6.45, 7) is 3.35. The summed E-state index contributed by atoms with van der Waals surface area (Å²) in [7, 11) is -3.89. The van der Waals surface area contributed by atoms with Gasteiger partial charge in [-0.3, -0.25) is 4.79 Å². The number of aryl methyl sites for hydroxylation is 1. The average molecular weight is 457 g/mol. The first-order chi connectivity index (χ1) is 15.5. The average Bonchev–Trinajstić information content (AvgIpc) is 3.31. The Bertz CT molecular complexity index is 1070. The number of nitrogens with one attached hydrogen (secondary N) is 1. The van der Waals surface area contributed by atoms with Crippen LogP contribution in [0.25, 0.3) is 0 Å². The molecule has 32 heavy (non-hydrogen) atoms. The summed E-state index contributed by atoms with van der Waals surface area (Å²) in [6, 6.07) is 15.5. The van der Waals surface area contributed by atoms with Crippen LogP contribution in [0.2, 0.25) is 0 Å². The van der Waals surface area contributed by atoms with Crippen molar-refractivity contribution in [2.24, 2.45) is 0 Å². The van der Waals surface area contributed by atoms with E-state index < -0.39 is 10.0 Å². The molecule has 0 saturated carbocycles. The molecule has 1 N–H and O–H groups in total.